The monoisotopic (exact) mass is 423 g/mol. The number of carbonyl (C=O) groups is 1. The van der Waals surface area contributed by atoms with E-state index in [-0.39, 0.29) is 17.2 Å². The molecule has 1 aromatic carbocycles. The lowest BCUT2D eigenvalue weighted by atomic mass is 10.1. The Morgan fingerprint density at radius 3 is 2.67 bits per heavy atom. The summed E-state index contributed by atoms with van der Waals surface area (Å²) in [5.41, 5.74) is 3.69. The number of halogens is 1. The van der Waals surface area contributed by atoms with Crippen LogP contribution in [0.5, 0.6) is 0 Å². The van der Waals surface area contributed by atoms with Gasteiger partial charge in [-0.05, 0) is 80.4 Å². The molecule has 2 aliphatic rings. The number of rotatable bonds is 5. The van der Waals surface area contributed by atoms with Gasteiger partial charge in [-0.2, -0.15) is 15.1 Å². The van der Waals surface area contributed by atoms with Crippen molar-refractivity contribution >= 4 is 39.8 Å². The van der Waals surface area contributed by atoms with Crippen molar-refractivity contribution in [2.45, 2.75) is 40.0 Å². The zero-order valence-corrected chi connectivity index (χ0v) is 17.9. The van der Waals surface area contributed by atoms with Crippen LogP contribution >= 0.6 is 11.8 Å². The average molecular weight is 424 g/mol. The number of thioether (sulfide) groups is 1. The molecule has 0 aliphatic carbocycles. The standard InChI is InChI=1S/C22H22FN5OS/c1-4-5-6-19-26-28-20(24)18(21(29)25-22(28)30-19)12-15-11-13(2)27(14(15)3)17-9-7-16(23)8-10-17/h7-12,24H,4-6H2,1-3H3/b18-12+,24-20?. The number of amidine groups is 2. The SMILES string of the molecule is CCCCC1=NN2C(=N)/C(=C\c3cc(C)n(-c4ccc(F)cc4)c3C)C(=O)N=C2S1. The Kier molecular flexibility index (Phi) is 5.42. The van der Waals surface area contributed by atoms with Crippen molar-refractivity contribution in [1.82, 2.24) is 9.58 Å². The van der Waals surface area contributed by atoms with E-state index in [1.807, 2.05) is 24.5 Å². The van der Waals surface area contributed by atoms with Gasteiger partial charge in [-0.25, -0.2) is 4.39 Å². The van der Waals surface area contributed by atoms with Crippen LogP contribution in [0, 0.1) is 25.1 Å². The molecule has 2 aromatic rings. The van der Waals surface area contributed by atoms with Crippen molar-refractivity contribution in [2.24, 2.45) is 10.1 Å². The number of carbonyl (C=O) groups excluding carboxylic acids is 1. The van der Waals surface area contributed by atoms with Gasteiger partial charge in [0.1, 0.15) is 10.9 Å². The Labute approximate surface area is 178 Å². The summed E-state index contributed by atoms with van der Waals surface area (Å²) in [6, 6.07) is 8.21. The Morgan fingerprint density at radius 1 is 1.23 bits per heavy atom. The van der Waals surface area contributed by atoms with Gasteiger partial charge in [-0.1, -0.05) is 13.3 Å². The molecular formula is C22H22FN5OS. The number of nitrogens with zero attached hydrogens (tertiary/aromatic N) is 4. The second kappa shape index (κ2) is 8.02. The molecule has 1 aromatic heterocycles. The zero-order chi connectivity index (χ0) is 21.4. The van der Waals surface area contributed by atoms with Crippen molar-refractivity contribution in [3.8, 4) is 5.69 Å². The van der Waals surface area contributed by atoms with Crippen LogP contribution < -0.4 is 0 Å². The van der Waals surface area contributed by atoms with Crippen LogP contribution in [0.4, 0.5) is 4.39 Å². The first-order valence-corrected chi connectivity index (χ1v) is 10.6. The average Bonchev–Trinajstić information content (AvgIpc) is 3.24. The van der Waals surface area contributed by atoms with Crippen LogP contribution in [0.3, 0.4) is 0 Å². The zero-order valence-electron chi connectivity index (χ0n) is 17.1. The summed E-state index contributed by atoms with van der Waals surface area (Å²) in [6.45, 7) is 5.99. The molecule has 0 radical (unpaired) electrons. The number of hydrazone groups is 1. The highest BCUT2D eigenvalue weighted by molar-refractivity contribution is 8.26. The van der Waals surface area contributed by atoms with Crippen LogP contribution in [0.25, 0.3) is 11.8 Å². The van der Waals surface area contributed by atoms with Crippen molar-refractivity contribution in [3.05, 3.63) is 58.7 Å². The third-order valence-electron chi connectivity index (χ3n) is 5.10. The molecule has 0 saturated carbocycles. The minimum absolute atomic E-state index is 0.0376. The van der Waals surface area contributed by atoms with Crippen LogP contribution in [-0.2, 0) is 4.79 Å². The fraction of sp³-hybridized carbons (Fsp3) is 0.273. The van der Waals surface area contributed by atoms with Crippen molar-refractivity contribution in [1.29, 1.82) is 5.41 Å². The number of unbranched alkanes of at least 4 members (excludes halogenated alkanes) is 1. The predicted molar refractivity (Wildman–Crippen MR) is 120 cm³/mol. The van der Waals surface area contributed by atoms with Gasteiger partial charge in [-0.15, -0.1) is 0 Å². The highest BCUT2D eigenvalue weighted by Crippen LogP contribution is 2.31. The van der Waals surface area contributed by atoms with E-state index in [2.05, 4.69) is 17.0 Å². The van der Waals surface area contributed by atoms with E-state index in [1.165, 1.54) is 28.9 Å². The number of benzene rings is 1. The molecule has 0 spiro atoms. The van der Waals surface area contributed by atoms with E-state index < -0.39 is 5.91 Å². The molecule has 154 valence electrons. The molecule has 2 aliphatic heterocycles. The Hall–Kier alpha value is -3.00. The molecule has 30 heavy (non-hydrogen) atoms. The first kappa shape index (κ1) is 20.3. The number of hydrogen-bond donors (Lipinski definition) is 1. The number of aliphatic imine (C=N–C) groups is 1. The van der Waals surface area contributed by atoms with Crippen LogP contribution in [0.15, 0.2) is 46.0 Å². The fourth-order valence-electron chi connectivity index (χ4n) is 3.54. The predicted octanol–water partition coefficient (Wildman–Crippen LogP) is 5.04. The molecule has 4 rings (SSSR count). The van der Waals surface area contributed by atoms with E-state index in [4.69, 9.17) is 5.41 Å². The Morgan fingerprint density at radius 2 is 1.97 bits per heavy atom. The minimum atomic E-state index is -0.433. The lowest BCUT2D eigenvalue weighted by Crippen LogP contribution is -2.35. The third kappa shape index (κ3) is 3.63. The summed E-state index contributed by atoms with van der Waals surface area (Å²) in [5.74, 6) is -0.686. The van der Waals surface area contributed by atoms with Gasteiger partial charge in [-0.3, -0.25) is 10.2 Å². The van der Waals surface area contributed by atoms with Gasteiger partial charge in [0.2, 0.25) is 5.17 Å². The molecule has 1 N–H and O–H groups in total. The number of nitrogens with one attached hydrogen (secondary N) is 1. The lowest BCUT2D eigenvalue weighted by Gasteiger charge is -2.20. The van der Waals surface area contributed by atoms with Gasteiger partial charge in [0.25, 0.3) is 5.91 Å². The second-order valence-electron chi connectivity index (χ2n) is 7.26. The highest BCUT2D eigenvalue weighted by atomic mass is 32.2. The number of fused-ring (bicyclic) bond motifs is 1. The van der Waals surface area contributed by atoms with E-state index >= 15 is 0 Å². The largest absolute Gasteiger partial charge is 0.318 e. The number of amides is 1. The molecule has 8 heteroatoms. The molecule has 3 heterocycles. The summed E-state index contributed by atoms with van der Waals surface area (Å²) in [6.07, 6.45) is 4.57. The summed E-state index contributed by atoms with van der Waals surface area (Å²) < 4.78 is 15.3. The first-order valence-electron chi connectivity index (χ1n) is 9.83. The topological polar surface area (TPSA) is 73.8 Å². The van der Waals surface area contributed by atoms with Crippen molar-refractivity contribution in [3.63, 3.8) is 0 Å². The molecule has 0 fully saturated rings. The van der Waals surface area contributed by atoms with Crippen LogP contribution in [0.1, 0.15) is 43.1 Å². The van der Waals surface area contributed by atoms with Crippen LogP contribution in [0.2, 0.25) is 0 Å². The van der Waals surface area contributed by atoms with E-state index in [1.54, 1.807) is 18.2 Å². The quantitative estimate of drug-likeness (QED) is 0.685. The molecule has 0 atom stereocenters. The molecule has 6 nitrogen and oxygen atoms in total. The smallest absolute Gasteiger partial charge is 0.283 e. The Balaban J connectivity index is 1.68. The van der Waals surface area contributed by atoms with Gasteiger partial charge in [0, 0.05) is 17.1 Å². The second-order valence-corrected chi connectivity index (χ2v) is 8.30. The van der Waals surface area contributed by atoms with Crippen LogP contribution in [-0.4, -0.2) is 31.5 Å². The maximum atomic E-state index is 13.3. The molecule has 0 unspecified atom stereocenters. The number of aromatic nitrogens is 1. The van der Waals surface area contributed by atoms with Gasteiger partial charge >= 0.3 is 0 Å². The van der Waals surface area contributed by atoms with E-state index in [0.717, 1.165) is 46.9 Å². The summed E-state index contributed by atoms with van der Waals surface area (Å²) >= 11 is 1.36. The molecule has 1 amide bonds. The Bertz CT molecular complexity index is 1130. The van der Waals surface area contributed by atoms with E-state index in [9.17, 15) is 9.18 Å². The van der Waals surface area contributed by atoms with E-state index in [0.29, 0.717) is 5.17 Å². The van der Waals surface area contributed by atoms with Crippen molar-refractivity contribution in [2.75, 3.05) is 0 Å². The first-order chi connectivity index (χ1) is 14.4. The maximum absolute atomic E-state index is 13.3. The highest BCUT2D eigenvalue weighted by Gasteiger charge is 2.35. The normalized spacial score (nSPS) is 17.5. The third-order valence-corrected chi connectivity index (χ3v) is 6.06. The maximum Gasteiger partial charge on any atom is 0.283 e. The number of aryl methyl sites for hydroxylation is 1. The lowest BCUT2D eigenvalue weighted by molar-refractivity contribution is -0.114. The summed E-state index contributed by atoms with van der Waals surface area (Å²) in [7, 11) is 0. The fourth-order valence-corrected chi connectivity index (χ4v) is 4.46. The number of hydrogen-bond acceptors (Lipinski definition) is 4. The summed E-state index contributed by atoms with van der Waals surface area (Å²) in [5, 5.41) is 15.8. The minimum Gasteiger partial charge on any atom is -0.318 e. The van der Waals surface area contributed by atoms with Gasteiger partial charge in [0.05, 0.1) is 5.57 Å². The van der Waals surface area contributed by atoms with Gasteiger partial charge < -0.3 is 4.57 Å². The molecule has 0 bridgehead atoms. The molecular weight excluding hydrogens is 401 g/mol. The summed E-state index contributed by atoms with van der Waals surface area (Å²) in [4.78, 5) is 16.8. The van der Waals surface area contributed by atoms with Gasteiger partial charge in [0.15, 0.2) is 5.84 Å². The molecule has 0 saturated heterocycles. The van der Waals surface area contributed by atoms with Crippen molar-refractivity contribution < 1.29 is 9.18 Å².